The van der Waals surface area contributed by atoms with Gasteiger partial charge in [0.05, 0.1) is 23.3 Å². The number of nitrogens with one attached hydrogen (secondary N) is 1. The molecule has 2 aromatic carbocycles. The van der Waals surface area contributed by atoms with E-state index in [0.29, 0.717) is 40.4 Å². The number of carbonyl (C=O) groups excluding carboxylic acids is 1. The zero-order valence-corrected chi connectivity index (χ0v) is 22.5. The predicted molar refractivity (Wildman–Crippen MR) is 147 cm³/mol. The van der Waals surface area contributed by atoms with Gasteiger partial charge in [-0.25, -0.2) is 9.36 Å². The maximum absolute atomic E-state index is 13.8. The van der Waals surface area contributed by atoms with Crippen molar-refractivity contribution in [3.05, 3.63) is 96.5 Å². The van der Waals surface area contributed by atoms with Gasteiger partial charge in [0.15, 0.2) is 0 Å². The van der Waals surface area contributed by atoms with Crippen molar-refractivity contribution in [2.24, 2.45) is 0 Å². The lowest BCUT2D eigenvalue weighted by Crippen LogP contribution is -2.43. The Bertz CT molecular complexity index is 1590. The molecule has 0 bridgehead atoms. The van der Waals surface area contributed by atoms with Gasteiger partial charge >= 0.3 is 5.69 Å². The van der Waals surface area contributed by atoms with E-state index >= 15 is 0 Å². The van der Waals surface area contributed by atoms with Gasteiger partial charge in [-0.05, 0) is 62.6 Å². The van der Waals surface area contributed by atoms with Crippen LogP contribution >= 0.6 is 22.9 Å². The lowest BCUT2D eigenvalue weighted by atomic mass is 9.94. The molecule has 0 unspecified atom stereocenters. The lowest BCUT2D eigenvalue weighted by Gasteiger charge is -2.29. The maximum atomic E-state index is 13.8. The van der Waals surface area contributed by atoms with Crippen LogP contribution in [0.15, 0.2) is 64.2 Å². The minimum atomic E-state index is -0.565. The van der Waals surface area contributed by atoms with Crippen LogP contribution in [0, 0.1) is 0 Å². The first-order valence-corrected chi connectivity index (χ1v) is 13.4. The normalized spacial score (nSPS) is 15.4. The summed E-state index contributed by atoms with van der Waals surface area (Å²) >= 11 is 7.40. The Morgan fingerprint density at radius 3 is 2.54 bits per heavy atom. The highest BCUT2D eigenvalue weighted by Gasteiger charge is 2.32. The number of hydrogen-bond donors (Lipinski definition) is 1. The molecular formula is C28H28ClN3O4S. The summed E-state index contributed by atoms with van der Waals surface area (Å²) in [5.74, 6) is -0.295. The summed E-state index contributed by atoms with van der Waals surface area (Å²) in [6.45, 7) is 6.05. The molecule has 3 heterocycles. The van der Waals surface area contributed by atoms with Gasteiger partial charge < -0.3 is 10.1 Å². The van der Waals surface area contributed by atoms with Crippen LogP contribution in [0.3, 0.4) is 0 Å². The van der Waals surface area contributed by atoms with Crippen LogP contribution < -0.4 is 16.6 Å². The second-order valence-corrected chi connectivity index (χ2v) is 11.6. The molecule has 37 heavy (non-hydrogen) atoms. The molecule has 0 saturated carbocycles. The molecule has 192 valence electrons. The second kappa shape index (κ2) is 9.93. The third-order valence-electron chi connectivity index (χ3n) is 6.53. The van der Waals surface area contributed by atoms with Crippen LogP contribution in [-0.4, -0.2) is 26.7 Å². The second-order valence-electron chi connectivity index (χ2n) is 10.1. The molecule has 0 saturated heterocycles. The molecule has 1 amide bonds. The Labute approximate surface area is 223 Å². The number of fused-ring (bicyclic) bond motifs is 3. The molecule has 2 aromatic heterocycles. The number of ether oxygens (including phenoxy) is 1. The number of rotatable bonds is 6. The molecule has 1 atom stereocenters. The van der Waals surface area contributed by atoms with E-state index in [9.17, 15) is 14.4 Å². The summed E-state index contributed by atoms with van der Waals surface area (Å²) in [5.41, 5.74) is 0.995. The first-order valence-electron chi connectivity index (χ1n) is 12.2. The zero-order chi connectivity index (χ0) is 26.3. The highest BCUT2D eigenvalue weighted by Crippen LogP contribution is 2.37. The Kier molecular flexibility index (Phi) is 6.83. The molecule has 0 fully saturated rings. The van der Waals surface area contributed by atoms with Gasteiger partial charge in [0.1, 0.15) is 11.4 Å². The Morgan fingerprint density at radius 1 is 1.14 bits per heavy atom. The summed E-state index contributed by atoms with van der Waals surface area (Å²) in [7, 11) is 0. The van der Waals surface area contributed by atoms with Crippen LogP contribution in [-0.2, 0) is 35.5 Å². The van der Waals surface area contributed by atoms with Crippen molar-refractivity contribution in [1.29, 1.82) is 0 Å². The van der Waals surface area contributed by atoms with Gasteiger partial charge in [0.25, 0.3) is 5.56 Å². The highest BCUT2D eigenvalue weighted by atomic mass is 35.5. The third kappa shape index (κ3) is 5.14. The molecule has 4 aromatic rings. The molecule has 1 aliphatic heterocycles. The van der Waals surface area contributed by atoms with E-state index in [1.165, 1.54) is 15.9 Å². The van der Waals surface area contributed by atoms with E-state index in [0.717, 1.165) is 20.6 Å². The van der Waals surface area contributed by atoms with E-state index in [4.69, 9.17) is 16.3 Å². The number of hydrogen-bond acceptors (Lipinski definition) is 5. The molecular weight excluding hydrogens is 510 g/mol. The Balaban J connectivity index is 1.58. The van der Waals surface area contributed by atoms with Crippen LogP contribution in [0.5, 0.6) is 0 Å². The molecule has 1 aliphatic rings. The van der Waals surface area contributed by atoms with Crippen molar-refractivity contribution >= 4 is 39.1 Å². The van der Waals surface area contributed by atoms with Crippen LogP contribution in [0.1, 0.15) is 36.8 Å². The highest BCUT2D eigenvalue weighted by molar-refractivity contribution is 7.18. The number of benzene rings is 2. The molecule has 1 N–H and O–H groups in total. The number of carbonyl (C=O) groups is 1. The molecule has 0 aliphatic carbocycles. The average molecular weight is 538 g/mol. The summed E-state index contributed by atoms with van der Waals surface area (Å²) in [5, 5.41) is 3.97. The third-order valence-corrected chi connectivity index (χ3v) is 8.01. The minimum absolute atomic E-state index is 0.131. The summed E-state index contributed by atoms with van der Waals surface area (Å²) in [4.78, 5) is 42.1. The monoisotopic (exact) mass is 537 g/mol. The lowest BCUT2D eigenvalue weighted by molar-refractivity contribution is -0.122. The Morgan fingerprint density at radius 2 is 1.84 bits per heavy atom. The van der Waals surface area contributed by atoms with Crippen LogP contribution in [0.4, 0.5) is 0 Å². The summed E-state index contributed by atoms with van der Waals surface area (Å²) < 4.78 is 8.51. The van der Waals surface area contributed by atoms with Crippen molar-refractivity contribution in [2.75, 3.05) is 0 Å². The summed E-state index contributed by atoms with van der Waals surface area (Å²) in [6, 6.07) is 16.3. The van der Waals surface area contributed by atoms with Gasteiger partial charge in [-0.1, -0.05) is 41.9 Å². The van der Waals surface area contributed by atoms with Crippen molar-refractivity contribution in [3.8, 4) is 5.69 Å². The largest absolute Gasteiger partial charge is 0.370 e. The fourth-order valence-corrected chi connectivity index (χ4v) is 6.14. The van der Waals surface area contributed by atoms with Gasteiger partial charge in [0.2, 0.25) is 5.91 Å². The van der Waals surface area contributed by atoms with E-state index < -0.39 is 16.9 Å². The molecule has 9 heteroatoms. The topological polar surface area (TPSA) is 82.3 Å². The molecule has 7 nitrogen and oxygen atoms in total. The number of amides is 1. The van der Waals surface area contributed by atoms with Crippen molar-refractivity contribution < 1.29 is 9.53 Å². The first kappa shape index (κ1) is 25.4. The fraction of sp³-hybridized carbons (Fsp3) is 0.321. The Hall–Kier alpha value is -3.20. The van der Waals surface area contributed by atoms with Crippen LogP contribution in [0.25, 0.3) is 15.9 Å². The molecule has 5 rings (SSSR count). The first-order chi connectivity index (χ1) is 17.6. The number of halogens is 1. The maximum Gasteiger partial charge on any atom is 0.337 e. The minimum Gasteiger partial charge on any atom is -0.370 e. The molecule has 0 spiro atoms. The van der Waals surface area contributed by atoms with E-state index in [2.05, 4.69) is 5.32 Å². The quantitative estimate of drug-likeness (QED) is 0.393. The zero-order valence-electron chi connectivity index (χ0n) is 20.9. The van der Waals surface area contributed by atoms with E-state index in [1.807, 2.05) is 51.1 Å². The summed E-state index contributed by atoms with van der Waals surface area (Å²) in [6.07, 6.45) is 1.21. The predicted octanol–water partition coefficient (Wildman–Crippen LogP) is 4.47. The number of aromatic nitrogens is 2. The van der Waals surface area contributed by atoms with Crippen molar-refractivity contribution in [3.63, 3.8) is 0 Å². The number of thiophene rings is 1. The van der Waals surface area contributed by atoms with Crippen molar-refractivity contribution in [1.82, 2.24) is 14.5 Å². The van der Waals surface area contributed by atoms with Gasteiger partial charge in [-0.2, -0.15) is 0 Å². The van der Waals surface area contributed by atoms with Gasteiger partial charge in [-0.3, -0.25) is 14.2 Å². The van der Waals surface area contributed by atoms with E-state index in [-0.39, 0.29) is 18.5 Å². The molecule has 0 radical (unpaired) electrons. The number of nitrogens with zero attached hydrogens (tertiary/aromatic N) is 2. The van der Waals surface area contributed by atoms with Gasteiger partial charge in [0, 0.05) is 22.4 Å². The fourth-order valence-electron chi connectivity index (χ4n) is 4.80. The average Bonchev–Trinajstić information content (AvgIpc) is 3.21. The van der Waals surface area contributed by atoms with E-state index in [1.54, 1.807) is 24.3 Å². The van der Waals surface area contributed by atoms with Crippen molar-refractivity contribution in [2.45, 2.75) is 58.4 Å². The smallest absolute Gasteiger partial charge is 0.337 e. The van der Waals surface area contributed by atoms with Crippen LogP contribution in [0.2, 0.25) is 5.02 Å². The standard InChI is InChI=1S/C28H28ClN3O4S/c1-17(13-18-7-5-4-6-8-18)30-23(33)15-31-26-24(21-14-28(2,3)36-16-22(21)37-26)25(34)32(27(31)35)20-11-9-19(29)10-12-20/h4-12,17H,13-16H2,1-3H3,(H,30,33)/t17-/m1/s1. The SMILES string of the molecule is C[C@H](Cc1ccccc1)NC(=O)Cn1c(=O)n(-c2ccc(Cl)cc2)c(=O)c2c3c(sc21)COC(C)(C)C3. The van der Waals surface area contributed by atoms with Gasteiger partial charge in [-0.15, -0.1) is 11.3 Å².